The molecule has 0 aliphatic heterocycles. The smallest absolute Gasteiger partial charge is 0.269 e. The maximum absolute atomic E-state index is 10.7. The minimum Gasteiger partial charge on any atom is -0.489 e. The lowest BCUT2D eigenvalue weighted by molar-refractivity contribution is -0.384. The van der Waals surface area contributed by atoms with Gasteiger partial charge in [-0.25, -0.2) is 0 Å². The number of nitro benzene ring substituents is 1. The third-order valence-electron chi connectivity index (χ3n) is 4.23. The second kappa shape index (κ2) is 8.65. The van der Waals surface area contributed by atoms with Gasteiger partial charge < -0.3 is 4.74 Å². The van der Waals surface area contributed by atoms with Crippen LogP contribution < -0.4 is 4.74 Å². The number of non-ortho nitro benzene ring substituents is 1. The van der Waals surface area contributed by atoms with Crippen LogP contribution in [0.2, 0.25) is 0 Å². The second-order valence-corrected chi connectivity index (χ2v) is 6.32. The standard InChI is InChI=1S/C23H18N2O3/c1-17-2-4-19(5-3-17)16-28-23-12-6-18(7-13-23)14-21(15-24)20-8-10-22(11-9-20)25(26)27/h2-14H,16H2,1H3/b21-14-. The van der Waals surface area contributed by atoms with Crippen molar-refractivity contribution >= 4 is 17.3 Å². The Morgan fingerprint density at radius 1 is 1.04 bits per heavy atom. The maximum Gasteiger partial charge on any atom is 0.269 e. The van der Waals surface area contributed by atoms with Gasteiger partial charge in [-0.3, -0.25) is 10.1 Å². The number of hydrogen-bond acceptors (Lipinski definition) is 4. The van der Waals surface area contributed by atoms with E-state index >= 15 is 0 Å². The Morgan fingerprint density at radius 2 is 1.68 bits per heavy atom. The van der Waals surface area contributed by atoms with Crippen LogP contribution in [-0.2, 0) is 6.61 Å². The van der Waals surface area contributed by atoms with E-state index < -0.39 is 4.92 Å². The van der Waals surface area contributed by atoms with Crippen LogP contribution in [0.3, 0.4) is 0 Å². The molecule has 3 rings (SSSR count). The minimum absolute atomic E-state index is 0.00359. The Balaban J connectivity index is 1.69. The number of rotatable bonds is 6. The zero-order chi connectivity index (χ0) is 19.9. The molecule has 0 aliphatic carbocycles. The Morgan fingerprint density at radius 3 is 2.25 bits per heavy atom. The summed E-state index contributed by atoms with van der Waals surface area (Å²) < 4.78 is 5.79. The van der Waals surface area contributed by atoms with Gasteiger partial charge in [0.15, 0.2) is 0 Å². The number of nitrogens with zero attached hydrogens (tertiary/aromatic N) is 2. The van der Waals surface area contributed by atoms with Crippen LogP contribution in [0, 0.1) is 28.4 Å². The van der Waals surface area contributed by atoms with Gasteiger partial charge in [-0.2, -0.15) is 5.26 Å². The molecular formula is C23H18N2O3. The largest absolute Gasteiger partial charge is 0.489 e. The molecule has 0 atom stereocenters. The summed E-state index contributed by atoms with van der Waals surface area (Å²) >= 11 is 0. The van der Waals surface area contributed by atoms with Crippen LogP contribution >= 0.6 is 0 Å². The van der Waals surface area contributed by atoms with E-state index in [0.717, 1.165) is 16.9 Å². The highest BCUT2D eigenvalue weighted by Crippen LogP contribution is 2.22. The first-order valence-corrected chi connectivity index (χ1v) is 8.70. The molecule has 0 unspecified atom stereocenters. The predicted octanol–water partition coefficient (Wildman–Crippen LogP) is 5.55. The number of benzene rings is 3. The SMILES string of the molecule is Cc1ccc(COc2ccc(/C=C(/C#N)c3ccc([N+](=O)[O-])cc3)cc2)cc1. The van der Waals surface area contributed by atoms with E-state index in [4.69, 9.17) is 4.74 Å². The molecule has 0 spiro atoms. The van der Waals surface area contributed by atoms with Crippen molar-refractivity contribution in [1.29, 1.82) is 5.26 Å². The van der Waals surface area contributed by atoms with Gasteiger partial charge >= 0.3 is 0 Å². The monoisotopic (exact) mass is 370 g/mol. The van der Waals surface area contributed by atoms with Crippen molar-refractivity contribution in [3.05, 3.63) is 105 Å². The van der Waals surface area contributed by atoms with Gasteiger partial charge in [-0.15, -0.1) is 0 Å². The molecule has 3 aromatic carbocycles. The van der Waals surface area contributed by atoms with Crippen molar-refractivity contribution < 1.29 is 9.66 Å². The van der Waals surface area contributed by atoms with Crippen molar-refractivity contribution in [2.75, 3.05) is 0 Å². The van der Waals surface area contributed by atoms with E-state index in [-0.39, 0.29) is 5.69 Å². The van der Waals surface area contributed by atoms with Crippen LogP contribution in [0.15, 0.2) is 72.8 Å². The molecule has 138 valence electrons. The molecule has 0 aromatic heterocycles. The molecule has 5 nitrogen and oxygen atoms in total. The van der Waals surface area contributed by atoms with Crippen LogP contribution in [0.1, 0.15) is 22.3 Å². The van der Waals surface area contributed by atoms with Gasteiger partial charge in [0.1, 0.15) is 12.4 Å². The number of allylic oxidation sites excluding steroid dienone is 1. The fraction of sp³-hybridized carbons (Fsp3) is 0.0870. The van der Waals surface area contributed by atoms with Gasteiger partial charge in [0, 0.05) is 12.1 Å². The average Bonchev–Trinajstić information content (AvgIpc) is 2.72. The fourth-order valence-electron chi connectivity index (χ4n) is 2.62. The second-order valence-electron chi connectivity index (χ2n) is 6.32. The summed E-state index contributed by atoms with van der Waals surface area (Å²) in [5.41, 5.74) is 4.21. The molecule has 0 amide bonds. The summed E-state index contributed by atoms with van der Waals surface area (Å²) in [5, 5.41) is 20.2. The van der Waals surface area contributed by atoms with Crippen molar-refractivity contribution in [2.24, 2.45) is 0 Å². The Bertz CT molecular complexity index is 1030. The molecule has 28 heavy (non-hydrogen) atoms. The third-order valence-corrected chi connectivity index (χ3v) is 4.23. The van der Waals surface area contributed by atoms with E-state index in [1.54, 1.807) is 18.2 Å². The topological polar surface area (TPSA) is 76.2 Å². The van der Waals surface area contributed by atoms with Crippen LogP contribution in [-0.4, -0.2) is 4.92 Å². The zero-order valence-electron chi connectivity index (χ0n) is 15.3. The van der Waals surface area contributed by atoms with Gasteiger partial charge in [-0.05, 0) is 54.0 Å². The first kappa shape index (κ1) is 18.9. The number of nitriles is 1. The first-order chi connectivity index (χ1) is 13.5. The molecule has 0 bridgehead atoms. The Labute approximate surface area is 163 Å². The fourth-order valence-corrected chi connectivity index (χ4v) is 2.62. The molecule has 0 radical (unpaired) electrons. The van der Waals surface area contributed by atoms with E-state index in [1.807, 2.05) is 55.5 Å². The van der Waals surface area contributed by atoms with Crippen molar-refractivity contribution in [3.63, 3.8) is 0 Å². The van der Waals surface area contributed by atoms with E-state index in [9.17, 15) is 15.4 Å². The zero-order valence-corrected chi connectivity index (χ0v) is 15.3. The number of aryl methyl sites for hydroxylation is 1. The lowest BCUT2D eigenvalue weighted by atomic mass is 10.0. The van der Waals surface area contributed by atoms with Crippen LogP contribution in [0.4, 0.5) is 5.69 Å². The highest BCUT2D eigenvalue weighted by Gasteiger charge is 2.07. The lowest BCUT2D eigenvalue weighted by Gasteiger charge is -2.07. The molecule has 0 aliphatic rings. The summed E-state index contributed by atoms with van der Waals surface area (Å²) in [6, 6.07) is 23.7. The number of hydrogen-bond donors (Lipinski definition) is 0. The Kier molecular flexibility index (Phi) is 5.83. The molecular weight excluding hydrogens is 352 g/mol. The first-order valence-electron chi connectivity index (χ1n) is 8.70. The highest BCUT2D eigenvalue weighted by atomic mass is 16.6. The van der Waals surface area contributed by atoms with E-state index in [0.29, 0.717) is 17.7 Å². The highest BCUT2D eigenvalue weighted by molar-refractivity contribution is 5.89. The molecule has 0 heterocycles. The van der Waals surface area contributed by atoms with Gasteiger partial charge in [0.2, 0.25) is 0 Å². The Hall–Kier alpha value is -3.91. The van der Waals surface area contributed by atoms with Crippen molar-refractivity contribution in [2.45, 2.75) is 13.5 Å². The van der Waals surface area contributed by atoms with Gasteiger partial charge in [0.05, 0.1) is 16.6 Å². The summed E-state index contributed by atoms with van der Waals surface area (Å²) in [7, 11) is 0. The molecule has 0 fully saturated rings. The molecule has 5 heteroatoms. The molecule has 0 saturated carbocycles. The summed E-state index contributed by atoms with van der Waals surface area (Å²) in [5.74, 6) is 0.742. The van der Waals surface area contributed by atoms with Crippen LogP contribution in [0.25, 0.3) is 11.6 Å². The lowest BCUT2D eigenvalue weighted by Crippen LogP contribution is -1.95. The summed E-state index contributed by atoms with van der Waals surface area (Å²) in [6.45, 7) is 2.53. The maximum atomic E-state index is 10.7. The molecule has 0 N–H and O–H groups in total. The van der Waals surface area contributed by atoms with Crippen molar-refractivity contribution in [1.82, 2.24) is 0 Å². The van der Waals surface area contributed by atoms with Gasteiger partial charge in [-0.1, -0.05) is 42.0 Å². The molecule has 3 aromatic rings. The number of ether oxygens (including phenoxy) is 1. The third kappa shape index (κ3) is 4.83. The number of nitro groups is 1. The average molecular weight is 370 g/mol. The van der Waals surface area contributed by atoms with E-state index in [2.05, 4.69) is 6.07 Å². The summed E-state index contributed by atoms with van der Waals surface area (Å²) in [4.78, 5) is 10.3. The van der Waals surface area contributed by atoms with E-state index in [1.165, 1.54) is 17.7 Å². The quantitative estimate of drug-likeness (QED) is 0.247. The summed E-state index contributed by atoms with van der Waals surface area (Å²) in [6.07, 6.45) is 1.74. The molecule has 0 saturated heterocycles. The minimum atomic E-state index is -0.463. The van der Waals surface area contributed by atoms with Crippen LogP contribution in [0.5, 0.6) is 5.75 Å². The predicted molar refractivity (Wildman–Crippen MR) is 109 cm³/mol. The van der Waals surface area contributed by atoms with Crippen molar-refractivity contribution in [3.8, 4) is 11.8 Å². The normalized spacial score (nSPS) is 10.9. The van der Waals surface area contributed by atoms with Gasteiger partial charge in [0.25, 0.3) is 5.69 Å².